The lowest BCUT2D eigenvalue weighted by molar-refractivity contribution is -0.140. The second-order valence-corrected chi connectivity index (χ2v) is 6.14. The Labute approximate surface area is 146 Å². The number of aromatic amines is 1. The van der Waals surface area contributed by atoms with Crippen LogP contribution < -0.4 is 5.56 Å². The second-order valence-electron chi connectivity index (χ2n) is 6.14. The van der Waals surface area contributed by atoms with E-state index in [9.17, 15) is 9.59 Å². The highest BCUT2D eigenvalue weighted by molar-refractivity contribution is 5.76. The highest BCUT2D eigenvalue weighted by Gasteiger charge is 2.29. The largest absolute Gasteiger partial charge is 0.377 e. The number of hydrogen-bond donors (Lipinski definition) is 1. The molecule has 0 aromatic carbocycles. The molecule has 1 amide bonds. The molecule has 0 radical (unpaired) electrons. The molecule has 3 rings (SSSR count). The zero-order valence-electron chi connectivity index (χ0n) is 14.3. The quantitative estimate of drug-likeness (QED) is 0.887. The third kappa shape index (κ3) is 4.51. The molecular weight excluding hydrogens is 320 g/mol. The van der Waals surface area contributed by atoms with Gasteiger partial charge in [0.2, 0.25) is 5.91 Å². The van der Waals surface area contributed by atoms with E-state index in [2.05, 4.69) is 15.0 Å². The summed E-state index contributed by atoms with van der Waals surface area (Å²) in [6.07, 6.45) is 5.59. The third-order valence-corrected chi connectivity index (χ3v) is 4.28. The summed E-state index contributed by atoms with van der Waals surface area (Å²) in [5.74, 6) is 0.611. The van der Waals surface area contributed by atoms with Gasteiger partial charge in [0.15, 0.2) is 0 Å². The predicted molar refractivity (Wildman–Crippen MR) is 92.0 cm³/mol. The summed E-state index contributed by atoms with van der Waals surface area (Å²) in [7, 11) is 0. The molecule has 0 spiro atoms. The van der Waals surface area contributed by atoms with E-state index in [1.54, 1.807) is 24.2 Å². The van der Waals surface area contributed by atoms with Crippen molar-refractivity contribution in [2.45, 2.75) is 32.2 Å². The summed E-state index contributed by atoms with van der Waals surface area (Å²) in [4.78, 5) is 37.2. The van der Waals surface area contributed by atoms with Crippen molar-refractivity contribution in [3.8, 4) is 0 Å². The Balaban J connectivity index is 1.65. The lowest BCUT2D eigenvalue weighted by Gasteiger charge is -2.35. The number of hydrogen-bond acceptors (Lipinski definition) is 5. The smallest absolute Gasteiger partial charge is 0.251 e. The van der Waals surface area contributed by atoms with Gasteiger partial charge in [-0.15, -0.1) is 0 Å². The zero-order chi connectivity index (χ0) is 17.6. The van der Waals surface area contributed by atoms with Crippen molar-refractivity contribution in [3.63, 3.8) is 0 Å². The zero-order valence-corrected chi connectivity index (χ0v) is 14.3. The van der Waals surface area contributed by atoms with Crippen molar-refractivity contribution in [2.24, 2.45) is 0 Å². The first-order valence-electron chi connectivity index (χ1n) is 8.47. The molecule has 0 saturated carbocycles. The fourth-order valence-corrected chi connectivity index (χ4v) is 3.06. The summed E-state index contributed by atoms with van der Waals surface area (Å²) in [6.45, 7) is 3.13. The number of carbonyl (C=O) groups is 1. The summed E-state index contributed by atoms with van der Waals surface area (Å²) in [6, 6.07) is 5.07. The first-order chi connectivity index (χ1) is 12.1. The van der Waals surface area contributed by atoms with Crippen LogP contribution in [0.5, 0.6) is 0 Å². The molecule has 0 aliphatic carbocycles. The fourth-order valence-electron chi connectivity index (χ4n) is 3.06. The van der Waals surface area contributed by atoms with Gasteiger partial charge in [-0.2, -0.15) is 0 Å². The average molecular weight is 342 g/mol. The van der Waals surface area contributed by atoms with E-state index >= 15 is 0 Å². The number of rotatable bonds is 5. The number of nitrogens with zero attached hydrogens (tertiary/aromatic N) is 3. The number of nitrogens with one attached hydrogen (secondary N) is 1. The number of pyridine rings is 1. The van der Waals surface area contributed by atoms with Gasteiger partial charge in [-0.05, 0) is 37.5 Å². The molecule has 1 aliphatic heterocycles. The highest BCUT2D eigenvalue weighted by Crippen LogP contribution is 2.23. The summed E-state index contributed by atoms with van der Waals surface area (Å²) in [5.41, 5.74) is 1.55. The molecular formula is C18H22N4O3. The van der Waals surface area contributed by atoms with Gasteiger partial charge in [0.25, 0.3) is 5.56 Å². The Morgan fingerprint density at radius 2 is 2.20 bits per heavy atom. The van der Waals surface area contributed by atoms with Crippen LogP contribution in [0.1, 0.15) is 36.0 Å². The fraction of sp³-hybridized carbons (Fsp3) is 0.444. The highest BCUT2D eigenvalue weighted by atomic mass is 16.5. The van der Waals surface area contributed by atoms with Crippen LogP contribution in [-0.2, 0) is 16.0 Å². The van der Waals surface area contributed by atoms with E-state index < -0.39 is 0 Å². The third-order valence-electron chi connectivity index (χ3n) is 4.28. The van der Waals surface area contributed by atoms with Gasteiger partial charge in [-0.25, -0.2) is 4.98 Å². The van der Waals surface area contributed by atoms with E-state index in [0.717, 1.165) is 12.8 Å². The Morgan fingerprint density at radius 3 is 2.96 bits per heavy atom. The van der Waals surface area contributed by atoms with Crippen molar-refractivity contribution in [1.82, 2.24) is 19.9 Å². The molecule has 2 aromatic rings. The topological polar surface area (TPSA) is 88.2 Å². The Morgan fingerprint density at radius 1 is 1.40 bits per heavy atom. The number of carbonyl (C=O) groups excluding carboxylic acids is 1. The van der Waals surface area contributed by atoms with Gasteiger partial charge in [-0.1, -0.05) is 0 Å². The maximum absolute atomic E-state index is 12.7. The first-order valence-corrected chi connectivity index (χ1v) is 8.47. The van der Waals surface area contributed by atoms with Crippen molar-refractivity contribution in [2.75, 3.05) is 19.8 Å². The SMILES string of the molecule is Cc1nc(C2COCCN2C(=O)CCCc2ccncc2)cc(=O)[nH]1. The molecule has 132 valence electrons. The van der Waals surface area contributed by atoms with Gasteiger partial charge in [0.05, 0.1) is 24.9 Å². The maximum Gasteiger partial charge on any atom is 0.251 e. The lowest BCUT2D eigenvalue weighted by atomic mass is 10.1. The first kappa shape index (κ1) is 17.3. The second kappa shape index (κ2) is 8.02. The van der Waals surface area contributed by atoms with E-state index in [1.807, 2.05) is 12.1 Å². The van der Waals surface area contributed by atoms with Crippen LogP contribution in [0.15, 0.2) is 35.4 Å². The van der Waals surface area contributed by atoms with Gasteiger partial charge >= 0.3 is 0 Å². The number of aromatic nitrogens is 3. The maximum atomic E-state index is 12.7. The van der Waals surface area contributed by atoms with Crippen molar-refractivity contribution in [3.05, 3.63) is 58.0 Å². The van der Waals surface area contributed by atoms with Gasteiger partial charge < -0.3 is 14.6 Å². The van der Waals surface area contributed by atoms with Gasteiger partial charge in [-0.3, -0.25) is 14.6 Å². The normalized spacial score (nSPS) is 17.5. The molecule has 1 aliphatic rings. The molecule has 1 atom stereocenters. The average Bonchev–Trinajstić information content (AvgIpc) is 2.62. The van der Waals surface area contributed by atoms with Crippen LogP contribution in [0.3, 0.4) is 0 Å². The molecule has 7 nitrogen and oxygen atoms in total. The van der Waals surface area contributed by atoms with Crippen molar-refractivity contribution < 1.29 is 9.53 Å². The number of morpholine rings is 1. The van der Waals surface area contributed by atoms with Gasteiger partial charge in [0, 0.05) is 31.4 Å². The summed E-state index contributed by atoms with van der Waals surface area (Å²) in [5, 5.41) is 0. The van der Waals surface area contributed by atoms with Crippen LogP contribution in [0.4, 0.5) is 0 Å². The monoisotopic (exact) mass is 342 g/mol. The van der Waals surface area contributed by atoms with E-state index in [0.29, 0.717) is 37.7 Å². The minimum atomic E-state index is -0.303. The summed E-state index contributed by atoms with van der Waals surface area (Å²) >= 11 is 0. The van der Waals surface area contributed by atoms with E-state index in [4.69, 9.17) is 4.74 Å². The molecule has 1 N–H and O–H groups in total. The minimum Gasteiger partial charge on any atom is -0.377 e. The van der Waals surface area contributed by atoms with Crippen molar-refractivity contribution in [1.29, 1.82) is 0 Å². The molecule has 1 unspecified atom stereocenters. The van der Waals surface area contributed by atoms with E-state index in [-0.39, 0.29) is 17.5 Å². The number of amides is 1. The van der Waals surface area contributed by atoms with Gasteiger partial charge in [0.1, 0.15) is 5.82 Å². The minimum absolute atomic E-state index is 0.0714. The number of aryl methyl sites for hydroxylation is 2. The molecule has 7 heteroatoms. The number of H-pyrrole nitrogens is 1. The molecule has 1 saturated heterocycles. The molecule has 25 heavy (non-hydrogen) atoms. The molecule has 1 fully saturated rings. The van der Waals surface area contributed by atoms with E-state index in [1.165, 1.54) is 11.6 Å². The molecule has 2 aromatic heterocycles. The number of ether oxygens (including phenoxy) is 1. The standard InChI is InChI=1S/C18H22N4O3/c1-13-20-15(11-17(23)21-13)16-12-25-10-9-22(16)18(24)4-2-3-14-5-7-19-8-6-14/h5-8,11,16H,2-4,9-10,12H2,1H3,(H,20,21,23). The Hall–Kier alpha value is -2.54. The lowest BCUT2D eigenvalue weighted by Crippen LogP contribution is -2.44. The Bertz CT molecular complexity index is 775. The summed E-state index contributed by atoms with van der Waals surface area (Å²) < 4.78 is 5.52. The van der Waals surface area contributed by atoms with Crippen molar-refractivity contribution >= 4 is 5.91 Å². The molecule has 3 heterocycles. The predicted octanol–water partition coefficient (Wildman–Crippen LogP) is 1.40. The van der Waals surface area contributed by atoms with Crippen LogP contribution in [0.25, 0.3) is 0 Å². The van der Waals surface area contributed by atoms with Crippen LogP contribution in [0, 0.1) is 6.92 Å². The van der Waals surface area contributed by atoms with Crippen LogP contribution in [-0.4, -0.2) is 45.5 Å². The van der Waals surface area contributed by atoms with Crippen LogP contribution >= 0.6 is 0 Å². The Kier molecular flexibility index (Phi) is 5.55. The van der Waals surface area contributed by atoms with Crippen LogP contribution in [0.2, 0.25) is 0 Å². The molecule has 0 bridgehead atoms.